The molecule has 11 N–H and O–H groups in total. The van der Waals surface area contributed by atoms with Crippen LogP contribution >= 0.6 is 0 Å². The summed E-state index contributed by atoms with van der Waals surface area (Å²) in [7, 11) is 2.77. The summed E-state index contributed by atoms with van der Waals surface area (Å²) in [4.78, 5) is 43.2. The minimum atomic E-state index is -2.12. The summed E-state index contributed by atoms with van der Waals surface area (Å²) in [6.07, 6.45) is -2.45. The number of carbonyl (C=O) groups is 3. The number of dihydropyridines is 1. The number of guanidine groups is 1. The van der Waals surface area contributed by atoms with E-state index in [2.05, 4.69) is 15.6 Å². The van der Waals surface area contributed by atoms with Crippen molar-refractivity contribution in [3.8, 4) is 17.2 Å². The van der Waals surface area contributed by atoms with Gasteiger partial charge in [0.15, 0.2) is 11.7 Å². The van der Waals surface area contributed by atoms with Crippen molar-refractivity contribution in [1.29, 1.82) is 0 Å². The van der Waals surface area contributed by atoms with Crippen molar-refractivity contribution in [2.45, 2.75) is 62.4 Å². The number of aromatic hydroxyl groups is 1. The number of benzene rings is 2. The van der Waals surface area contributed by atoms with Crippen LogP contribution in [0.2, 0.25) is 0 Å². The maximum atomic E-state index is 14.2. The molecule has 3 aliphatic rings. The average molecular weight is 696 g/mol. The highest BCUT2D eigenvalue weighted by atomic mass is 16.7. The number of allylic oxidation sites excluding steroid dienone is 2. The normalized spacial score (nSPS) is 24.7. The zero-order chi connectivity index (χ0) is 36.3. The van der Waals surface area contributed by atoms with Crippen LogP contribution in [0.4, 0.5) is 0 Å². The zero-order valence-corrected chi connectivity index (χ0v) is 27.5. The third kappa shape index (κ3) is 6.75. The lowest BCUT2D eigenvalue weighted by molar-refractivity contribution is -0.314. The number of ketones is 2. The fourth-order valence-corrected chi connectivity index (χ4v) is 6.41. The Hall–Kier alpha value is -5.00. The molecule has 0 aromatic heterocycles. The molecule has 1 saturated heterocycles. The molecule has 0 radical (unpaired) electrons. The topological polar surface area (TPSA) is 269 Å². The first kappa shape index (κ1) is 36.3. The summed E-state index contributed by atoms with van der Waals surface area (Å²) in [5.41, 5.74) is 10.0. The quantitative estimate of drug-likeness (QED) is 0.0625. The fourth-order valence-electron chi connectivity index (χ4n) is 6.41. The van der Waals surface area contributed by atoms with E-state index in [-0.39, 0.29) is 77.5 Å². The van der Waals surface area contributed by atoms with Crippen molar-refractivity contribution >= 4 is 23.8 Å². The summed E-state index contributed by atoms with van der Waals surface area (Å²) in [5, 5.41) is 61.3. The number of aliphatic hydroxyl groups excluding tert-OH is 3. The van der Waals surface area contributed by atoms with Crippen molar-refractivity contribution in [3.63, 3.8) is 0 Å². The molecule has 5 rings (SSSR count). The van der Waals surface area contributed by atoms with Crippen LogP contribution in [-0.2, 0) is 22.5 Å². The second kappa shape index (κ2) is 14.9. The maximum Gasteiger partial charge on any atom is 0.229 e. The number of hydrogen-bond acceptors (Lipinski definition) is 14. The molecular weight excluding hydrogens is 654 g/mol. The summed E-state index contributed by atoms with van der Waals surface area (Å²) < 4.78 is 17.1. The monoisotopic (exact) mass is 695 g/mol. The molecule has 1 aliphatic carbocycles. The molecule has 2 aromatic carbocycles. The second-order valence-electron chi connectivity index (χ2n) is 12.1. The van der Waals surface area contributed by atoms with Gasteiger partial charge >= 0.3 is 0 Å². The number of fused-ring (bicyclic) bond motifs is 2. The van der Waals surface area contributed by atoms with Gasteiger partial charge in [-0.15, -0.1) is 0 Å². The van der Waals surface area contributed by atoms with Gasteiger partial charge in [0.2, 0.25) is 12.1 Å². The molecule has 2 aromatic rings. The van der Waals surface area contributed by atoms with Crippen LogP contribution in [0.25, 0.3) is 0 Å². The number of phenols is 1. The smallest absolute Gasteiger partial charge is 0.229 e. The van der Waals surface area contributed by atoms with E-state index in [0.717, 1.165) is 5.57 Å². The third-order valence-corrected chi connectivity index (χ3v) is 9.18. The first-order valence-corrected chi connectivity index (χ1v) is 15.9. The number of hydrogen-bond donors (Lipinski definition) is 9. The summed E-state index contributed by atoms with van der Waals surface area (Å²) in [5.74, 6) is -1.72. The van der Waals surface area contributed by atoms with E-state index in [1.165, 1.54) is 32.4 Å². The molecule has 268 valence electrons. The number of aliphatic imine (C=N–C) groups is 1. The molecule has 0 spiro atoms. The van der Waals surface area contributed by atoms with Gasteiger partial charge in [-0.1, -0.05) is 6.08 Å². The van der Waals surface area contributed by atoms with Gasteiger partial charge in [0, 0.05) is 49.3 Å². The molecule has 2 heterocycles. The Bertz CT molecular complexity index is 1770. The number of carbonyl (C=O) groups excluding carboxylic acids is 3. The van der Waals surface area contributed by atoms with Crippen molar-refractivity contribution in [3.05, 3.63) is 75.1 Å². The van der Waals surface area contributed by atoms with Gasteiger partial charge in [-0.2, -0.15) is 0 Å². The van der Waals surface area contributed by atoms with E-state index in [1.54, 1.807) is 6.08 Å². The van der Waals surface area contributed by atoms with Gasteiger partial charge in [-0.05, 0) is 48.6 Å². The van der Waals surface area contributed by atoms with Gasteiger partial charge in [0.1, 0.15) is 47.4 Å². The molecule has 1 fully saturated rings. The van der Waals surface area contributed by atoms with Crippen molar-refractivity contribution < 1.29 is 54.1 Å². The van der Waals surface area contributed by atoms with Gasteiger partial charge in [-0.3, -0.25) is 14.6 Å². The summed E-state index contributed by atoms with van der Waals surface area (Å²) in [6.45, 7) is -0.391. The van der Waals surface area contributed by atoms with Crippen LogP contribution in [-0.4, -0.2) is 107 Å². The Morgan fingerprint density at radius 1 is 1.18 bits per heavy atom. The van der Waals surface area contributed by atoms with E-state index in [1.807, 2.05) is 6.08 Å². The Balaban J connectivity index is 1.50. The highest BCUT2D eigenvalue weighted by Gasteiger charge is 2.55. The first-order chi connectivity index (χ1) is 23.9. The molecule has 16 nitrogen and oxygen atoms in total. The number of nitrogens with zero attached hydrogens (tertiary/aromatic N) is 1. The fraction of sp³-hybridized carbons (Fsp3) is 0.412. The van der Waals surface area contributed by atoms with E-state index in [9.17, 15) is 39.9 Å². The molecule has 50 heavy (non-hydrogen) atoms. The Morgan fingerprint density at radius 3 is 2.58 bits per heavy atom. The number of aryl methyl sites for hydroxylation is 1. The lowest BCUT2D eigenvalue weighted by Crippen LogP contribution is -2.67. The number of methoxy groups -OCH3 is 1. The highest BCUT2D eigenvalue weighted by Crippen LogP contribution is 2.43. The van der Waals surface area contributed by atoms with Crippen LogP contribution in [0.3, 0.4) is 0 Å². The van der Waals surface area contributed by atoms with Crippen LogP contribution in [0, 0.1) is 0 Å². The number of aldehydes is 1. The molecule has 0 unspecified atom stereocenters. The van der Waals surface area contributed by atoms with Gasteiger partial charge in [0.05, 0.1) is 30.7 Å². The lowest BCUT2D eigenvalue weighted by atomic mass is 9.79. The van der Waals surface area contributed by atoms with Crippen molar-refractivity contribution in [2.75, 3.05) is 27.3 Å². The Kier molecular flexibility index (Phi) is 10.8. The second-order valence-corrected chi connectivity index (χ2v) is 12.1. The largest absolute Gasteiger partial charge is 0.507 e. The van der Waals surface area contributed by atoms with E-state index >= 15 is 0 Å². The van der Waals surface area contributed by atoms with Gasteiger partial charge < -0.3 is 66.6 Å². The number of rotatable bonds is 12. The molecule has 2 aliphatic heterocycles. The molecule has 5 atom stereocenters. The molecule has 0 saturated carbocycles. The third-order valence-electron chi connectivity index (χ3n) is 9.18. The van der Waals surface area contributed by atoms with Gasteiger partial charge in [-0.25, -0.2) is 0 Å². The number of ether oxygens (including phenoxy) is 3. The number of nitrogens with one attached hydrogen (secondary N) is 2. The van der Waals surface area contributed by atoms with Crippen LogP contribution < -0.4 is 31.6 Å². The minimum Gasteiger partial charge on any atom is -0.507 e. The predicted molar refractivity (Wildman–Crippen MR) is 178 cm³/mol. The minimum absolute atomic E-state index is 0.0465. The summed E-state index contributed by atoms with van der Waals surface area (Å²) >= 11 is 0. The SMILES string of the molecule is CN=C(N)NCc1c(CCC=O)cc2c(c1O)C(=O)c1c(O[C@@H]3O[C@H](CO)[C@](O)(CCC4=CCNC(N)=C4)[C@H](O)[C@H]3O)cc(OC)cc1C2=O. The van der Waals surface area contributed by atoms with E-state index in [4.69, 9.17) is 25.7 Å². The standard InChI is InChI=1S/C34H41N5O11/c1-37-33(36)39-14-21-17(4-3-9-40)11-19-26(28(21)43)29(44)25-20(27(19)42)12-18(48-2)13-22(25)49-32-30(45)31(46)34(47,23(15-41)50-32)7-5-16-6-8-38-24(35)10-16/h6,9-13,23,30-32,38,41,43,45-47H,3-5,7-8,14-15,35H2,1-2H3,(H3,36,37,39)/t23-,30-,31-,32-,34-/m1/s1. The van der Waals surface area contributed by atoms with Crippen LogP contribution in [0.5, 0.6) is 17.2 Å². The average Bonchev–Trinajstić information content (AvgIpc) is 3.11. The van der Waals surface area contributed by atoms with Gasteiger partial charge in [0.25, 0.3) is 0 Å². The van der Waals surface area contributed by atoms with Crippen LogP contribution in [0.1, 0.15) is 62.2 Å². The van der Waals surface area contributed by atoms with E-state index in [0.29, 0.717) is 24.2 Å². The molecule has 16 heteroatoms. The van der Waals surface area contributed by atoms with Crippen molar-refractivity contribution in [2.24, 2.45) is 16.5 Å². The number of aliphatic hydroxyl groups is 4. The maximum absolute atomic E-state index is 14.2. The summed E-state index contributed by atoms with van der Waals surface area (Å²) in [6, 6.07) is 4.03. The van der Waals surface area contributed by atoms with Crippen LogP contribution in [0.15, 0.2) is 46.7 Å². The zero-order valence-electron chi connectivity index (χ0n) is 27.5. The highest BCUT2D eigenvalue weighted by molar-refractivity contribution is 6.30. The number of nitrogens with two attached hydrogens (primary N) is 2. The molecule has 0 bridgehead atoms. The molecule has 0 amide bonds. The Morgan fingerprint density at radius 2 is 1.92 bits per heavy atom. The first-order valence-electron chi connectivity index (χ1n) is 15.9. The number of phenolic OH excluding ortho intramolecular Hbond substituents is 1. The lowest BCUT2D eigenvalue weighted by Gasteiger charge is -2.48. The van der Waals surface area contributed by atoms with E-state index < -0.39 is 54.1 Å². The predicted octanol–water partition coefficient (Wildman–Crippen LogP) is -0.999. The Labute approximate surface area is 287 Å². The molecular formula is C34H41N5O11. The van der Waals surface area contributed by atoms with Crippen molar-refractivity contribution in [1.82, 2.24) is 10.6 Å².